The highest BCUT2D eigenvalue weighted by Crippen LogP contribution is 2.29. The van der Waals surface area contributed by atoms with Crippen LogP contribution in [0.25, 0.3) is 11.0 Å². The molecule has 1 N–H and O–H groups in total. The molecule has 1 fully saturated rings. The molecule has 1 aliphatic carbocycles. The maximum atomic E-state index is 5.90. The predicted molar refractivity (Wildman–Crippen MR) is 67.4 cm³/mol. The molecular weight excluding hydrogens is 214 g/mol. The highest BCUT2D eigenvalue weighted by Gasteiger charge is 2.29. The van der Waals surface area contributed by atoms with Crippen LogP contribution in [0.4, 0.5) is 0 Å². The second-order valence-electron chi connectivity index (χ2n) is 4.75. The maximum Gasteiger partial charge on any atom is 0.137 e. The van der Waals surface area contributed by atoms with Crippen LogP contribution in [0.1, 0.15) is 18.6 Å². The van der Waals surface area contributed by atoms with Crippen molar-refractivity contribution >= 4 is 11.0 Å². The summed E-state index contributed by atoms with van der Waals surface area (Å²) in [4.78, 5) is 0. The van der Waals surface area contributed by atoms with Crippen molar-refractivity contribution < 1.29 is 9.15 Å². The first-order chi connectivity index (χ1) is 8.24. The Morgan fingerprint density at radius 1 is 1.29 bits per heavy atom. The molecule has 0 atom stereocenters. The molecule has 2 aromatic rings. The zero-order valence-corrected chi connectivity index (χ0v) is 10.2. The smallest absolute Gasteiger partial charge is 0.137 e. The van der Waals surface area contributed by atoms with Gasteiger partial charge in [-0.3, -0.25) is 0 Å². The zero-order valence-electron chi connectivity index (χ0n) is 10.2. The van der Waals surface area contributed by atoms with Crippen molar-refractivity contribution in [3.05, 3.63) is 30.0 Å². The summed E-state index contributed by atoms with van der Waals surface area (Å²) in [5.41, 5.74) is 0.907. The van der Waals surface area contributed by atoms with Gasteiger partial charge in [0.05, 0.1) is 0 Å². The van der Waals surface area contributed by atoms with E-state index in [9.17, 15) is 0 Å². The highest BCUT2D eigenvalue weighted by molar-refractivity contribution is 5.79. The molecule has 3 rings (SSSR count). The van der Waals surface area contributed by atoms with Gasteiger partial charge in [-0.25, -0.2) is 0 Å². The Hall–Kier alpha value is -1.48. The standard InChI is InChI=1S/C14H17NO2/c1-9-5-10-3-4-12(8-14(10)16-9)17-13-6-11(7-13)15-2/h3-5,8,11,13,15H,6-7H2,1-2H3/t11-,13+. The molecule has 1 saturated carbocycles. The first-order valence-corrected chi connectivity index (χ1v) is 6.09. The predicted octanol–water partition coefficient (Wildman–Crippen LogP) is 2.87. The van der Waals surface area contributed by atoms with Crippen molar-refractivity contribution in [3.8, 4) is 5.75 Å². The number of rotatable bonds is 3. The molecule has 3 nitrogen and oxygen atoms in total. The molecule has 0 amide bonds. The van der Waals surface area contributed by atoms with Gasteiger partial charge in [0.1, 0.15) is 23.2 Å². The third-order valence-corrected chi connectivity index (χ3v) is 3.42. The van der Waals surface area contributed by atoms with E-state index in [2.05, 4.69) is 11.4 Å². The van der Waals surface area contributed by atoms with Crippen molar-refractivity contribution in [1.29, 1.82) is 0 Å². The molecule has 0 bridgehead atoms. The van der Waals surface area contributed by atoms with Gasteiger partial charge in [-0.2, -0.15) is 0 Å². The Balaban J connectivity index is 1.73. The maximum absolute atomic E-state index is 5.90. The molecule has 17 heavy (non-hydrogen) atoms. The van der Waals surface area contributed by atoms with Gasteiger partial charge < -0.3 is 14.5 Å². The Labute approximate surface area is 101 Å². The fourth-order valence-electron chi connectivity index (χ4n) is 2.31. The summed E-state index contributed by atoms with van der Waals surface area (Å²) in [5.74, 6) is 1.85. The van der Waals surface area contributed by atoms with E-state index in [1.807, 2.05) is 32.2 Å². The van der Waals surface area contributed by atoms with E-state index >= 15 is 0 Å². The summed E-state index contributed by atoms with van der Waals surface area (Å²) in [6, 6.07) is 8.71. The molecule has 1 aromatic heterocycles. The van der Waals surface area contributed by atoms with E-state index < -0.39 is 0 Å². The molecule has 1 heterocycles. The van der Waals surface area contributed by atoms with Crippen molar-refractivity contribution in [2.24, 2.45) is 0 Å². The minimum Gasteiger partial charge on any atom is -0.490 e. The Morgan fingerprint density at radius 3 is 2.88 bits per heavy atom. The Morgan fingerprint density at radius 2 is 2.12 bits per heavy atom. The summed E-state index contributed by atoms with van der Waals surface area (Å²) in [6.07, 6.45) is 2.53. The SMILES string of the molecule is CN[C@H]1C[C@@H](Oc2ccc3cc(C)oc3c2)C1. The van der Waals surface area contributed by atoms with Crippen LogP contribution in [-0.4, -0.2) is 19.2 Å². The van der Waals surface area contributed by atoms with Crippen LogP contribution in [0.15, 0.2) is 28.7 Å². The summed E-state index contributed by atoms with van der Waals surface area (Å²) < 4.78 is 11.5. The van der Waals surface area contributed by atoms with Gasteiger partial charge in [0.2, 0.25) is 0 Å². The summed E-state index contributed by atoms with van der Waals surface area (Å²) in [6.45, 7) is 1.96. The molecular formula is C14H17NO2. The van der Waals surface area contributed by atoms with Gasteiger partial charge in [0.15, 0.2) is 0 Å². The average molecular weight is 231 g/mol. The van der Waals surface area contributed by atoms with Crippen LogP contribution in [-0.2, 0) is 0 Å². The lowest BCUT2D eigenvalue weighted by molar-refractivity contribution is 0.0886. The summed E-state index contributed by atoms with van der Waals surface area (Å²) >= 11 is 0. The second-order valence-corrected chi connectivity index (χ2v) is 4.75. The minimum absolute atomic E-state index is 0.348. The van der Waals surface area contributed by atoms with Crippen LogP contribution in [0, 0.1) is 6.92 Å². The van der Waals surface area contributed by atoms with E-state index in [0.29, 0.717) is 12.1 Å². The normalized spacial score (nSPS) is 23.6. The monoisotopic (exact) mass is 231 g/mol. The van der Waals surface area contributed by atoms with Gasteiger partial charge in [-0.15, -0.1) is 0 Å². The molecule has 0 radical (unpaired) electrons. The molecule has 0 unspecified atom stereocenters. The molecule has 0 saturated heterocycles. The largest absolute Gasteiger partial charge is 0.490 e. The number of nitrogens with one attached hydrogen (secondary N) is 1. The lowest BCUT2D eigenvalue weighted by atomic mass is 9.89. The molecule has 1 aliphatic rings. The van der Waals surface area contributed by atoms with Gasteiger partial charge >= 0.3 is 0 Å². The van der Waals surface area contributed by atoms with E-state index in [1.165, 1.54) is 0 Å². The molecule has 90 valence electrons. The second kappa shape index (κ2) is 4.08. The van der Waals surface area contributed by atoms with Gasteiger partial charge in [-0.1, -0.05) is 0 Å². The number of hydrogen-bond acceptors (Lipinski definition) is 3. The number of benzene rings is 1. The van der Waals surface area contributed by atoms with Crippen molar-refractivity contribution in [2.75, 3.05) is 7.05 Å². The van der Waals surface area contributed by atoms with E-state index in [1.54, 1.807) is 0 Å². The molecule has 0 aliphatic heterocycles. The number of furan rings is 1. The average Bonchev–Trinajstić information content (AvgIpc) is 2.62. The Kier molecular flexibility index (Phi) is 2.56. The molecule has 0 spiro atoms. The molecule has 3 heteroatoms. The molecule has 1 aromatic carbocycles. The fourth-order valence-corrected chi connectivity index (χ4v) is 2.31. The Bertz CT molecular complexity index is 526. The third kappa shape index (κ3) is 2.03. The van der Waals surface area contributed by atoms with Crippen molar-refractivity contribution in [2.45, 2.75) is 31.9 Å². The zero-order chi connectivity index (χ0) is 11.8. The van der Waals surface area contributed by atoms with Gasteiger partial charge in [0, 0.05) is 17.5 Å². The van der Waals surface area contributed by atoms with Gasteiger partial charge in [0.25, 0.3) is 0 Å². The van der Waals surface area contributed by atoms with Crippen LogP contribution in [0.2, 0.25) is 0 Å². The number of ether oxygens (including phenoxy) is 1. The lowest BCUT2D eigenvalue weighted by Gasteiger charge is -2.35. The van der Waals surface area contributed by atoms with Crippen LogP contribution in [0.3, 0.4) is 0 Å². The first-order valence-electron chi connectivity index (χ1n) is 6.09. The van der Waals surface area contributed by atoms with Gasteiger partial charge in [-0.05, 0) is 45.0 Å². The topological polar surface area (TPSA) is 34.4 Å². The van der Waals surface area contributed by atoms with Crippen LogP contribution < -0.4 is 10.1 Å². The lowest BCUT2D eigenvalue weighted by Crippen LogP contribution is -2.45. The number of aryl methyl sites for hydroxylation is 1. The number of fused-ring (bicyclic) bond motifs is 1. The van der Waals surface area contributed by atoms with Crippen molar-refractivity contribution in [1.82, 2.24) is 5.32 Å². The van der Waals surface area contributed by atoms with Crippen LogP contribution in [0.5, 0.6) is 5.75 Å². The summed E-state index contributed by atoms with van der Waals surface area (Å²) in [5, 5.41) is 4.39. The minimum atomic E-state index is 0.348. The van der Waals surface area contributed by atoms with E-state index in [-0.39, 0.29) is 0 Å². The van der Waals surface area contributed by atoms with Crippen molar-refractivity contribution in [3.63, 3.8) is 0 Å². The fraction of sp³-hybridized carbons (Fsp3) is 0.429. The first kappa shape index (κ1) is 10.7. The van der Waals surface area contributed by atoms with Crippen LogP contribution >= 0.6 is 0 Å². The van der Waals surface area contributed by atoms with E-state index in [0.717, 1.165) is 35.3 Å². The highest BCUT2D eigenvalue weighted by atomic mass is 16.5. The van der Waals surface area contributed by atoms with E-state index in [4.69, 9.17) is 9.15 Å². The summed E-state index contributed by atoms with van der Waals surface area (Å²) in [7, 11) is 2.00. The quantitative estimate of drug-likeness (QED) is 0.882. The number of hydrogen-bond donors (Lipinski definition) is 1. The third-order valence-electron chi connectivity index (χ3n) is 3.42.